The van der Waals surface area contributed by atoms with Crippen molar-refractivity contribution in [3.63, 3.8) is 0 Å². The van der Waals surface area contributed by atoms with Gasteiger partial charge in [0.25, 0.3) is 5.91 Å². The maximum absolute atomic E-state index is 12.3. The molecule has 1 aromatic carbocycles. The van der Waals surface area contributed by atoms with Crippen LogP contribution in [-0.4, -0.2) is 47.1 Å². The molecule has 20 heavy (non-hydrogen) atoms. The van der Waals surface area contributed by atoms with Gasteiger partial charge >= 0.3 is 0 Å². The number of phenolic OH excluding ortho intramolecular Hbond substituents is 1. The van der Waals surface area contributed by atoms with Gasteiger partial charge in [-0.1, -0.05) is 0 Å². The summed E-state index contributed by atoms with van der Waals surface area (Å²) in [7, 11) is 0. The van der Waals surface area contributed by atoms with Crippen molar-refractivity contribution >= 4 is 22.4 Å². The third kappa shape index (κ3) is 2.60. The zero-order valence-electron chi connectivity index (χ0n) is 10.9. The second-order valence-corrected chi connectivity index (χ2v) is 5.51. The van der Waals surface area contributed by atoms with Crippen molar-refractivity contribution in [2.24, 2.45) is 0 Å². The average molecular weight is 289 g/mol. The van der Waals surface area contributed by atoms with Gasteiger partial charge in [0.2, 0.25) is 0 Å². The van der Waals surface area contributed by atoms with Gasteiger partial charge in [0.05, 0.1) is 0 Å². The number of carbonyl (C=O) groups excluding carboxylic acids is 1. The van der Waals surface area contributed by atoms with Gasteiger partial charge < -0.3 is 14.9 Å². The van der Waals surface area contributed by atoms with Crippen LogP contribution in [0.2, 0.25) is 0 Å². The normalized spacial score (nSPS) is 15.4. The number of amides is 1. The number of aromatic nitrogens is 1. The van der Waals surface area contributed by atoms with E-state index in [-0.39, 0.29) is 11.7 Å². The molecule has 1 N–H and O–H groups in total. The highest BCUT2D eigenvalue weighted by atomic mass is 32.1. The Morgan fingerprint density at radius 3 is 2.45 bits per heavy atom. The number of rotatable bonds is 2. The molecule has 0 spiro atoms. The lowest BCUT2D eigenvalue weighted by Crippen LogP contribution is -2.48. The van der Waals surface area contributed by atoms with Crippen molar-refractivity contribution in [2.75, 3.05) is 31.1 Å². The number of aromatic hydroxyl groups is 1. The zero-order chi connectivity index (χ0) is 13.9. The molecule has 1 aliphatic heterocycles. The van der Waals surface area contributed by atoms with Crippen molar-refractivity contribution < 1.29 is 9.90 Å². The summed E-state index contributed by atoms with van der Waals surface area (Å²) >= 11 is 1.62. The molecule has 0 unspecified atom stereocenters. The van der Waals surface area contributed by atoms with E-state index in [1.807, 2.05) is 10.3 Å². The Hall–Kier alpha value is -2.08. The Morgan fingerprint density at radius 1 is 1.15 bits per heavy atom. The van der Waals surface area contributed by atoms with Gasteiger partial charge in [-0.15, -0.1) is 11.3 Å². The lowest BCUT2D eigenvalue weighted by atomic mass is 10.2. The summed E-state index contributed by atoms with van der Waals surface area (Å²) in [5.41, 5.74) is 0.616. The largest absolute Gasteiger partial charge is 0.508 e. The maximum atomic E-state index is 12.3. The van der Waals surface area contributed by atoms with E-state index in [4.69, 9.17) is 0 Å². The molecule has 0 atom stereocenters. The summed E-state index contributed by atoms with van der Waals surface area (Å²) < 4.78 is 0. The Morgan fingerprint density at radius 2 is 1.85 bits per heavy atom. The molecule has 2 heterocycles. The first kappa shape index (κ1) is 12.9. The monoisotopic (exact) mass is 289 g/mol. The van der Waals surface area contributed by atoms with Gasteiger partial charge in [0, 0.05) is 43.3 Å². The van der Waals surface area contributed by atoms with Crippen LogP contribution in [0.25, 0.3) is 0 Å². The topological polar surface area (TPSA) is 56.7 Å². The van der Waals surface area contributed by atoms with Crippen LogP contribution in [-0.2, 0) is 0 Å². The number of nitrogens with zero attached hydrogens (tertiary/aromatic N) is 3. The Labute approximate surface area is 121 Å². The fourth-order valence-corrected chi connectivity index (χ4v) is 2.96. The molecule has 5 nitrogen and oxygen atoms in total. The second-order valence-electron chi connectivity index (χ2n) is 4.64. The number of benzene rings is 1. The Balaban J connectivity index is 1.63. The van der Waals surface area contributed by atoms with Gasteiger partial charge in [-0.25, -0.2) is 4.98 Å². The van der Waals surface area contributed by atoms with Crippen LogP contribution in [0.3, 0.4) is 0 Å². The number of phenols is 1. The van der Waals surface area contributed by atoms with Gasteiger partial charge in [0.1, 0.15) is 5.75 Å². The lowest BCUT2D eigenvalue weighted by Gasteiger charge is -2.34. The van der Waals surface area contributed by atoms with E-state index >= 15 is 0 Å². The number of piperazine rings is 1. The van der Waals surface area contributed by atoms with E-state index in [2.05, 4.69) is 9.88 Å². The molecule has 1 aromatic heterocycles. The molecule has 6 heteroatoms. The summed E-state index contributed by atoms with van der Waals surface area (Å²) in [4.78, 5) is 20.7. The van der Waals surface area contributed by atoms with Crippen molar-refractivity contribution in [1.82, 2.24) is 9.88 Å². The first-order valence-electron chi connectivity index (χ1n) is 6.47. The molecule has 1 amide bonds. The van der Waals surface area contributed by atoms with Crippen LogP contribution in [0.4, 0.5) is 5.13 Å². The molecule has 104 valence electrons. The van der Waals surface area contributed by atoms with Crippen LogP contribution in [0.5, 0.6) is 5.75 Å². The SMILES string of the molecule is O=C(c1ccc(O)cc1)N1CCN(c2nccs2)CC1. The number of anilines is 1. The van der Waals surface area contributed by atoms with E-state index in [1.165, 1.54) is 0 Å². The first-order valence-corrected chi connectivity index (χ1v) is 7.35. The Kier molecular flexibility index (Phi) is 3.56. The van der Waals surface area contributed by atoms with Gasteiger partial charge in [0.15, 0.2) is 5.13 Å². The molecule has 0 saturated carbocycles. The van der Waals surface area contributed by atoms with Crippen molar-refractivity contribution in [2.45, 2.75) is 0 Å². The molecule has 1 fully saturated rings. The van der Waals surface area contributed by atoms with Crippen molar-refractivity contribution in [3.05, 3.63) is 41.4 Å². The first-order chi connectivity index (χ1) is 9.74. The highest BCUT2D eigenvalue weighted by Gasteiger charge is 2.23. The van der Waals surface area contributed by atoms with Crippen LogP contribution < -0.4 is 4.90 Å². The van der Waals surface area contributed by atoms with Crippen LogP contribution in [0, 0.1) is 0 Å². The quantitative estimate of drug-likeness (QED) is 0.916. The molecule has 0 radical (unpaired) electrons. The third-order valence-electron chi connectivity index (χ3n) is 3.37. The minimum Gasteiger partial charge on any atom is -0.508 e. The smallest absolute Gasteiger partial charge is 0.253 e. The molecule has 3 rings (SSSR count). The summed E-state index contributed by atoms with van der Waals surface area (Å²) in [6.07, 6.45) is 1.80. The fraction of sp³-hybridized carbons (Fsp3) is 0.286. The predicted molar refractivity (Wildman–Crippen MR) is 78.3 cm³/mol. The highest BCUT2D eigenvalue weighted by Crippen LogP contribution is 2.20. The molecule has 0 bridgehead atoms. The maximum Gasteiger partial charge on any atom is 0.253 e. The standard InChI is InChI=1S/C14H15N3O2S/c18-12-3-1-11(2-4-12)13(19)16-6-8-17(9-7-16)14-15-5-10-20-14/h1-5,10,18H,6-9H2. The molecule has 2 aromatic rings. The van der Waals surface area contributed by atoms with Crippen molar-refractivity contribution in [3.8, 4) is 5.75 Å². The molecular weight excluding hydrogens is 274 g/mol. The third-order valence-corrected chi connectivity index (χ3v) is 4.20. The van der Waals surface area contributed by atoms with Crippen LogP contribution in [0.15, 0.2) is 35.8 Å². The predicted octanol–water partition coefficient (Wildman–Crippen LogP) is 1.81. The minimum absolute atomic E-state index is 0.0174. The van der Waals surface area contributed by atoms with Gasteiger partial charge in [-0.2, -0.15) is 0 Å². The highest BCUT2D eigenvalue weighted by molar-refractivity contribution is 7.13. The van der Waals surface area contributed by atoms with Gasteiger partial charge in [-0.3, -0.25) is 4.79 Å². The summed E-state index contributed by atoms with van der Waals surface area (Å²) in [6.45, 7) is 2.99. The molecule has 1 aliphatic rings. The van der Waals surface area contributed by atoms with E-state index in [1.54, 1.807) is 41.8 Å². The molecule has 0 aliphatic carbocycles. The summed E-state index contributed by atoms with van der Waals surface area (Å²) in [5, 5.41) is 12.2. The lowest BCUT2D eigenvalue weighted by molar-refractivity contribution is 0.0747. The van der Waals surface area contributed by atoms with Crippen LogP contribution >= 0.6 is 11.3 Å². The van der Waals surface area contributed by atoms with E-state index in [0.29, 0.717) is 18.7 Å². The zero-order valence-corrected chi connectivity index (χ0v) is 11.7. The fourth-order valence-electron chi connectivity index (χ4n) is 2.26. The summed E-state index contributed by atoms with van der Waals surface area (Å²) in [5.74, 6) is 0.193. The minimum atomic E-state index is 0.0174. The average Bonchev–Trinajstić information content (AvgIpc) is 3.02. The van der Waals surface area contributed by atoms with E-state index < -0.39 is 0 Å². The van der Waals surface area contributed by atoms with Crippen LogP contribution in [0.1, 0.15) is 10.4 Å². The van der Waals surface area contributed by atoms with Crippen molar-refractivity contribution in [1.29, 1.82) is 0 Å². The van der Waals surface area contributed by atoms with E-state index in [0.717, 1.165) is 18.2 Å². The Bertz CT molecular complexity index is 575. The number of carbonyl (C=O) groups is 1. The molecule has 1 saturated heterocycles. The summed E-state index contributed by atoms with van der Waals surface area (Å²) in [6, 6.07) is 6.40. The molecular formula is C14H15N3O2S. The number of hydrogen-bond acceptors (Lipinski definition) is 5. The number of thiazole rings is 1. The van der Waals surface area contributed by atoms with E-state index in [9.17, 15) is 9.90 Å². The second kappa shape index (κ2) is 5.50. The number of hydrogen-bond donors (Lipinski definition) is 1. The van der Waals surface area contributed by atoms with Gasteiger partial charge in [-0.05, 0) is 24.3 Å².